The van der Waals surface area contributed by atoms with E-state index in [0.717, 1.165) is 12.0 Å². The van der Waals surface area contributed by atoms with Crippen LogP contribution in [-0.4, -0.2) is 36.3 Å². The normalized spacial score (nSPS) is 10.6. The molecule has 22 heavy (non-hydrogen) atoms. The van der Waals surface area contributed by atoms with Gasteiger partial charge in [0.15, 0.2) is 0 Å². The van der Waals surface area contributed by atoms with Crippen LogP contribution in [0.5, 0.6) is 0 Å². The topological polar surface area (TPSA) is 49.4 Å². The smallest absolute Gasteiger partial charge is 0.221 e. The minimum Gasteiger partial charge on any atom is -0.356 e. The minimum atomic E-state index is -0.0305. The van der Waals surface area contributed by atoms with Gasteiger partial charge in [0.25, 0.3) is 0 Å². The van der Waals surface area contributed by atoms with Gasteiger partial charge in [-0.25, -0.2) is 0 Å². The van der Waals surface area contributed by atoms with Gasteiger partial charge in [-0.3, -0.25) is 9.59 Å². The number of carbonyl (C=O) groups is 2. The van der Waals surface area contributed by atoms with Crippen LogP contribution in [0, 0.1) is 5.92 Å². The molecule has 4 nitrogen and oxygen atoms in total. The zero-order valence-corrected chi connectivity index (χ0v) is 14.3. The van der Waals surface area contributed by atoms with Crippen molar-refractivity contribution < 1.29 is 9.59 Å². The number of halogens is 1. The molecule has 0 atom stereocenters. The van der Waals surface area contributed by atoms with Crippen molar-refractivity contribution in [1.82, 2.24) is 10.2 Å². The predicted molar refractivity (Wildman–Crippen MR) is 89.9 cm³/mol. The maximum absolute atomic E-state index is 11.8. The molecule has 0 saturated carbocycles. The zero-order chi connectivity index (χ0) is 16.5. The molecule has 5 heteroatoms. The molecule has 122 valence electrons. The van der Waals surface area contributed by atoms with Crippen molar-refractivity contribution in [1.29, 1.82) is 0 Å². The fourth-order valence-corrected chi connectivity index (χ4v) is 2.39. The third-order valence-corrected chi connectivity index (χ3v) is 3.50. The molecule has 1 rings (SSSR count). The van der Waals surface area contributed by atoms with Crippen LogP contribution in [0.15, 0.2) is 24.3 Å². The van der Waals surface area contributed by atoms with Crippen LogP contribution in [-0.2, 0) is 16.0 Å². The molecule has 1 N–H and O–H groups in total. The highest BCUT2D eigenvalue weighted by atomic mass is 35.5. The highest BCUT2D eigenvalue weighted by Gasteiger charge is 2.12. The van der Waals surface area contributed by atoms with E-state index in [0.29, 0.717) is 37.0 Å². The van der Waals surface area contributed by atoms with Gasteiger partial charge in [0, 0.05) is 38.0 Å². The van der Waals surface area contributed by atoms with E-state index in [4.69, 9.17) is 11.6 Å². The lowest BCUT2D eigenvalue weighted by Gasteiger charge is -2.22. The van der Waals surface area contributed by atoms with E-state index in [2.05, 4.69) is 19.2 Å². The Labute approximate surface area is 137 Å². The molecule has 2 amide bonds. The molecular formula is C17H25ClN2O2. The Morgan fingerprint density at radius 1 is 1.32 bits per heavy atom. The lowest BCUT2D eigenvalue weighted by atomic mass is 10.1. The Bertz CT molecular complexity index is 503. The van der Waals surface area contributed by atoms with Crippen molar-refractivity contribution in [3.8, 4) is 0 Å². The molecule has 0 bridgehead atoms. The van der Waals surface area contributed by atoms with Gasteiger partial charge in [0.05, 0.1) is 0 Å². The maximum atomic E-state index is 11.8. The van der Waals surface area contributed by atoms with Gasteiger partial charge in [-0.1, -0.05) is 37.6 Å². The van der Waals surface area contributed by atoms with E-state index in [1.54, 1.807) is 11.8 Å². The largest absolute Gasteiger partial charge is 0.356 e. The molecule has 0 unspecified atom stereocenters. The van der Waals surface area contributed by atoms with Gasteiger partial charge < -0.3 is 10.2 Å². The van der Waals surface area contributed by atoms with Crippen molar-refractivity contribution in [2.24, 2.45) is 5.92 Å². The fraction of sp³-hybridized carbons (Fsp3) is 0.529. The number of benzene rings is 1. The van der Waals surface area contributed by atoms with Gasteiger partial charge in [-0.05, 0) is 30.0 Å². The Balaban J connectivity index is 2.29. The highest BCUT2D eigenvalue weighted by molar-refractivity contribution is 6.30. The molecule has 0 heterocycles. The van der Waals surface area contributed by atoms with E-state index in [9.17, 15) is 9.59 Å². The number of hydrogen-bond donors (Lipinski definition) is 1. The van der Waals surface area contributed by atoms with Gasteiger partial charge in [0.1, 0.15) is 0 Å². The lowest BCUT2D eigenvalue weighted by Crippen LogP contribution is -2.36. The Kier molecular flexibility index (Phi) is 7.96. The number of nitrogens with one attached hydrogen (secondary N) is 1. The van der Waals surface area contributed by atoms with Crippen LogP contribution in [0.3, 0.4) is 0 Å². The number of amides is 2. The molecule has 0 aliphatic carbocycles. The molecule has 0 saturated heterocycles. The summed E-state index contributed by atoms with van der Waals surface area (Å²) in [4.78, 5) is 25.1. The van der Waals surface area contributed by atoms with E-state index < -0.39 is 0 Å². The molecule has 0 spiro atoms. The Morgan fingerprint density at radius 3 is 2.64 bits per heavy atom. The summed E-state index contributed by atoms with van der Waals surface area (Å²) in [6, 6.07) is 7.61. The van der Waals surface area contributed by atoms with Crippen LogP contribution >= 0.6 is 11.6 Å². The molecule has 0 aliphatic heterocycles. The number of carbonyl (C=O) groups excluding carboxylic acids is 2. The van der Waals surface area contributed by atoms with Crippen LogP contribution < -0.4 is 5.32 Å². The summed E-state index contributed by atoms with van der Waals surface area (Å²) in [5.74, 6) is 0.382. The molecule has 0 radical (unpaired) electrons. The minimum absolute atomic E-state index is 0.0143. The summed E-state index contributed by atoms with van der Waals surface area (Å²) in [5, 5.41) is 3.58. The first-order chi connectivity index (χ1) is 10.4. The summed E-state index contributed by atoms with van der Waals surface area (Å²) in [6.07, 6.45) is 1.08. The van der Waals surface area contributed by atoms with Crippen LogP contribution in [0.25, 0.3) is 0 Å². The molecule has 0 aromatic heterocycles. The standard InChI is InChI=1S/C17H25ClN2O2/c1-13(2)12-20(14(3)21)10-8-17(22)19-9-7-15-5-4-6-16(18)11-15/h4-6,11,13H,7-10,12H2,1-3H3,(H,19,22). The fourth-order valence-electron chi connectivity index (χ4n) is 2.18. The second-order valence-corrected chi connectivity index (χ2v) is 6.28. The lowest BCUT2D eigenvalue weighted by molar-refractivity contribution is -0.130. The Hall–Kier alpha value is -1.55. The summed E-state index contributed by atoms with van der Waals surface area (Å²) < 4.78 is 0. The van der Waals surface area contributed by atoms with Crippen LogP contribution in [0.2, 0.25) is 5.02 Å². The van der Waals surface area contributed by atoms with Crippen LogP contribution in [0.4, 0.5) is 0 Å². The van der Waals surface area contributed by atoms with Crippen molar-refractivity contribution in [3.05, 3.63) is 34.9 Å². The van der Waals surface area contributed by atoms with Crippen molar-refractivity contribution in [2.75, 3.05) is 19.6 Å². The van der Waals surface area contributed by atoms with Crippen molar-refractivity contribution in [3.63, 3.8) is 0 Å². The summed E-state index contributed by atoms with van der Waals surface area (Å²) in [7, 11) is 0. The first kappa shape index (κ1) is 18.5. The number of nitrogens with zero attached hydrogens (tertiary/aromatic N) is 1. The maximum Gasteiger partial charge on any atom is 0.221 e. The van der Waals surface area contributed by atoms with Crippen molar-refractivity contribution >= 4 is 23.4 Å². The average molecular weight is 325 g/mol. The highest BCUT2D eigenvalue weighted by Crippen LogP contribution is 2.10. The van der Waals surface area contributed by atoms with E-state index in [1.165, 1.54) is 0 Å². The second-order valence-electron chi connectivity index (χ2n) is 5.84. The zero-order valence-electron chi connectivity index (χ0n) is 13.6. The average Bonchev–Trinajstić information content (AvgIpc) is 2.43. The number of hydrogen-bond acceptors (Lipinski definition) is 2. The summed E-state index contributed by atoms with van der Waals surface area (Å²) >= 11 is 5.92. The molecular weight excluding hydrogens is 300 g/mol. The van der Waals surface area contributed by atoms with Gasteiger partial charge in [-0.15, -0.1) is 0 Å². The van der Waals surface area contributed by atoms with E-state index in [1.807, 2.05) is 24.3 Å². The Morgan fingerprint density at radius 2 is 2.05 bits per heavy atom. The SMILES string of the molecule is CC(=O)N(CCC(=O)NCCc1cccc(Cl)c1)CC(C)C. The van der Waals surface area contributed by atoms with E-state index in [-0.39, 0.29) is 11.8 Å². The predicted octanol–water partition coefficient (Wildman–Crippen LogP) is 2.89. The van der Waals surface area contributed by atoms with Crippen LogP contribution in [0.1, 0.15) is 32.8 Å². The first-order valence-electron chi connectivity index (χ1n) is 7.65. The third-order valence-electron chi connectivity index (χ3n) is 3.26. The molecule has 1 aromatic rings. The quantitative estimate of drug-likeness (QED) is 0.799. The van der Waals surface area contributed by atoms with E-state index >= 15 is 0 Å². The third kappa shape index (κ3) is 7.46. The number of rotatable bonds is 8. The summed E-state index contributed by atoms with van der Waals surface area (Å²) in [6.45, 7) is 7.38. The second kappa shape index (κ2) is 9.46. The van der Waals surface area contributed by atoms with Gasteiger partial charge in [0.2, 0.25) is 11.8 Å². The van der Waals surface area contributed by atoms with Crippen molar-refractivity contribution in [2.45, 2.75) is 33.6 Å². The molecule has 1 aromatic carbocycles. The summed E-state index contributed by atoms with van der Waals surface area (Å²) in [5.41, 5.74) is 1.10. The molecule has 0 fully saturated rings. The van der Waals surface area contributed by atoms with Gasteiger partial charge in [-0.2, -0.15) is 0 Å². The van der Waals surface area contributed by atoms with Gasteiger partial charge >= 0.3 is 0 Å². The monoisotopic (exact) mass is 324 g/mol. The first-order valence-corrected chi connectivity index (χ1v) is 8.03. The molecule has 0 aliphatic rings.